The van der Waals surface area contributed by atoms with Gasteiger partial charge in [0.25, 0.3) is 0 Å². The van der Waals surface area contributed by atoms with Gasteiger partial charge < -0.3 is 15.3 Å². The van der Waals surface area contributed by atoms with Crippen molar-refractivity contribution in [2.75, 3.05) is 5.73 Å². The number of carbonyl (C=O) groups is 1. The summed E-state index contributed by atoms with van der Waals surface area (Å²) in [5.74, 6) is -2.63. The van der Waals surface area contributed by atoms with Crippen molar-refractivity contribution in [2.24, 2.45) is 5.41 Å². The van der Waals surface area contributed by atoms with E-state index in [4.69, 9.17) is 24.2 Å². The van der Waals surface area contributed by atoms with Crippen molar-refractivity contribution >= 4 is 21.8 Å². The van der Waals surface area contributed by atoms with Crippen LogP contribution in [0.3, 0.4) is 0 Å². The van der Waals surface area contributed by atoms with E-state index >= 15 is 0 Å². The van der Waals surface area contributed by atoms with E-state index < -0.39 is 40.0 Å². The molecule has 38 heavy (non-hydrogen) atoms. The lowest BCUT2D eigenvalue weighted by atomic mass is 9.66. The van der Waals surface area contributed by atoms with Crippen LogP contribution >= 0.6 is 0 Å². The third-order valence-corrected chi connectivity index (χ3v) is 7.86. The lowest BCUT2D eigenvalue weighted by Crippen LogP contribution is -2.55. The molecule has 4 N–H and O–H groups in total. The zero-order valence-corrected chi connectivity index (χ0v) is 20.1. The molecule has 0 radical (unpaired) electrons. The fourth-order valence-corrected chi connectivity index (χ4v) is 6.06. The van der Waals surface area contributed by atoms with Gasteiger partial charge in [-0.15, -0.1) is 0 Å². The number of hydrogen-bond donors (Lipinski definition) is 3. The molecule has 200 valence electrons. The number of nitriles is 1. The predicted octanol–water partition coefficient (Wildman–Crippen LogP) is 3.44. The quantitative estimate of drug-likeness (QED) is 0.423. The normalized spacial score (nSPS) is 23.6. The Kier molecular flexibility index (Phi) is 5.70. The van der Waals surface area contributed by atoms with Crippen molar-refractivity contribution in [3.05, 3.63) is 42.4 Å². The average Bonchev–Trinajstić information content (AvgIpc) is 3.59. The summed E-state index contributed by atoms with van der Waals surface area (Å²) >= 11 is 0. The van der Waals surface area contributed by atoms with E-state index in [1.807, 2.05) is 0 Å². The maximum Gasteiger partial charge on any atom is 0.490 e. The molecule has 11 nitrogen and oxygen atoms in total. The van der Waals surface area contributed by atoms with Crippen LogP contribution in [-0.4, -0.2) is 46.2 Å². The number of oxazole rings is 1. The summed E-state index contributed by atoms with van der Waals surface area (Å²) in [7, 11) is -4.00. The number of fused-ring (bicyclic) bond motifs is 1. The van der Waals surface area contributed by atoms with Crippen LogP contribution in [0, 0.1) is 23.6 Å². The Labute approximate surface area is 218 Å². The van der Waals surface area contributed by atoms with Gasteiger partial charge in [0.05, 0.1) is 34.5 Å². The second-order valence-corrected chi connectivity index (χ2v) is 10.7. The number of benzene rings is 1. The van der Waals surface area contributed by atoms with Crippen molar-refractivity contribution < 1.29 is 40.0 Å². The highest BCUT2D eigenvalue weighted by Gasteiger charge is 2.62. The fraction of sp³-hybridized carbons (Fsp3) is 0.348. The number of nitrogens with one attached hydrogen (secondary N) is 1. The highest BCUT2D eigenvalue weighted by molar-refractivity contribution is 7.89. The van der Waals surface area contributed by atoms with E-state index in [-0.39, 0.29) is 39.1 Å². The summed E-state index contributed by atoms with van der Waals surface area (Å²) in [5, 5.41) is 16.5. The summed E-state index contributed by atoms with van der Waals surface area (Å²) < 4.78 is 90.0. The first-order valence-electron chi connectivity index (χ1n) is 12.3. The summed E-state index contributed by atoms with van der Waals surface area (Å²) in [6, 6.07) is 6.08. The third-order valence-electron chi connectivity index (χ3n) is 6.28. The van der Waals surface area contributed by atoms with Crippen molar-refractivity contribution in [2.45, 2.75) is 49.1 Å². The van der Waals surface area contributed by atoms with Crippen LogP contribution in [0.15, 0.2) is 46.2 Å². The van der Waals surface area contributed by atoms with Gasteiger partial charge in [0.2, 0.25) is 15.9 Å². The number of anilines is 1. The van der Waals surface area contributed by atoms with Gasteiger partial charge in [-0.2, -0.15) is 18.4 Å². The van der Waals surface area contributed by atoms with Gasteiger partial charge in [-0.05, 0) is 50.2 Å². The van der Waals surface area contributed by atoms with Gasteiger partial charge >= 0.3 is 12.1 Å². The Morgan fingerprint density at radius 3 is 2.58 bits per heavy atom. The molecule has 3 fully saturated rings. The molecule has 2 bridgehead atoms. The summed E-state index contributed by atoms with van der Waals surface area (Å²) in [4.78, 5) is 21.3. The first-order valence-corrected chi connectivity index (χ1v) is 12.3. The molecule has 3 aliphatic carbocycles. The van der Waals surface area contributed by atoms with Gasteiger partial charge in [-0.25, -0.2) is 32.9 Å². The number of rotatable bonds is 5. The van der Waals surface area contributed by atoms with Gasteiger partial charge in [0.15, 0.2) is 11.5 Å². The van der Waals surface area contributed by atoms with Crippen LogP contribution < -0.4 is 10.5 Å². The van der Waals surface area contributed by atoms with Crippen LogP contribution in [0.5, 0.6) is 0 Å². The van der Waals surface area contributed by atoms with Crippen LogP contribution in [0.2, 0.25) is 0 Å². The largest absolute Gasteiger partial charge is 0.490 e. The van der Waals surface area contributed by atoms with Gasteiger partial charge in [0.1, 0.15) is 6.26 Å². The monoisotopic (exact) mass is 553 g/mol. The Morgan fingerprint density at radius 1 is 1.32 bits per heavy atom. The summed E-state index contributed by atoms with van der Waals surface area (Å²) in [6.07, 6.45) is 1.11. The molecule has 2 aromatic heterocycles. The molecule has 6 rings (SSSR count). The molecule has 3 saturated carbocycles. The van der Waals surface area contributed by atoms with E-state index in [0.717, 1.165) is 0 Å². The molecular weight excluding hydrogens is 529 g/mol. The lowest BCUT2D eigenvalue weighted by Gasteiger charge is -2.43. The minimum atomic E-state index is -5.08. The summed E-state index contributed by atoms with van der Waals surface area (Å²) in [6.45, 7) is -2.54. The highest BCUT2D eigenvalue weighted by atomic mass is 32.2. The summed E-state index contributed by atoms with van der Waals surface area (Å²) in [5.41, 5.74) is 5.01. The van der Waals surface area contributed by atoms with Crippen LogP contribution in [0.1, 0.15) is 35.4 Å². The zero-order valence-electron chi connectivity index (χ0n) is 22.3. The Hall–Kier alpha value is -4.03. The number of carboxylic acids is 1. The second kappa shape index (κ2) is 9.37. The Morgan fingerprint density at radius 2 is 2.03 bits per heavy atom. The van der Waals surface area contributed by atoms with Crippen molar-refractivity contribution in [3.8, 4) is 28.9 Å². The molecular formula is C23H21F3N6O5S. The van der Waals surface area contributed by atoms with Gasteiger partial charge in [-0.3, -0.25) is 0 Å². The minimum Gasteiger partial charge on any atom is -0.475 e. The molecule has 3 aromatic rings. The maximum atomic E-state index is 13.2. The van der Waals surface area contributed by atoms with Gasteiger partial charge in [0, 0.05) is 15.2 Å². The average molecular weight is 554 g/mol. The molecule has 1 aromatic carbocycles. The molecule has 2 heterocycles. The third kappa shape index (κ3) is 5.18. The number of nitrogens with zero attached hydrogens (tertiary/aromatic N) is 4. The fourth-order valence-electron chi connectivity index (χ4n) is 4.61. The molecule has 0 saturated heterocycles. The Bertz CT molecular complexity index is 1630. The van der Waals surface area contributed by atoms with E-state index in [0.29, 0.717) is 25.7 Å². The topological polar surface area (TPSA) is 185 Å². The van der Waals surface area contributed by atoms with Crippen LogP contribution in [0.25, 0.3) is 22.8 Å². The molecule has 0 spiro atoms. The van der Waals surface area contributed by atoms with Crippen molar-refractivity contribution in [3.63, 3.8) is 0 Å². The number of nitrogen functional groups attached to an aromatic ring is 1. The molecule has 0 atom stereocenters. The Balaban J connectivity index is 0.000000493. The van der Waals surface area contributed by atoms with E-state index in [9.17, 15) is 26.9 Å². The van der Waals surface area contributed by atoms with E-state index in [1.54, 1.807) is 0 Å². The first-order chi connectivity index (χ1) is 18.9. The van der Waals surface area contributed by atoms with E-state index in [2.05, 4.69) is 25.7 Å². The number of aromatic nitrogens is 3. The zero-order chi connectivity index (χ0) is 30.4. The number of halogens is 3. The maximum absolute atomic E-state index is 13.2. The number of sulfonamides is 1. The molecule has 0 amide bonds. The minimum absolute atomic E-state index is 0.0263. The molecule has 0 unspecified atom stereocenters. The van der Waals surface area contributed by atoms with Crippen molar-refractivity contribution in [1.82, 2.24) is 19.7 Å². The molecule has 3 aliphatic rings. The predicted molar refractivity (Wildman–Crippen MR) is 125 cm³/mol. The number of aliphatic carboxylic acids is 1. The smallest absolute Gasteiger partial charge is 0.475 e. The standard InChI is InChI=1S/C21H20N6O3S.C2HF3O2/c1-13-2-3-14(31(28,29)27-21-5-4-20(10-21,11-21)12-22)8-15(13)16-9-25-18(23)17(26-16)19-24-6-7-30-19;3-2(4,5)1(6)7/h2-3,6-9,27H,4-5,10-11H2,1H3,(H2,23,25);(H,6,7)/i1D3;. The van der Waals surface area contributed by atoms with Crippen LogP contribution in [0.4, 0.5) is 19.0 Å². The number of hydrogen-bond acceptors (Lipinski definition) is 9. The molecule has 0 aliphatic heterocycles. The van der Waals surface area contributed by atoms with E-state index in [1.165, 1.54) is 36.9 Å². The molecule has 15 heteroatoms. The van der Waals surface area contributed by atoms with Gasteiger partial charge in [-0.1, -0.05) is 6.07 Å². The van der Waals surface area contributed by atoms with Crippen LogP contribution in [-0.2, 0) is 14.8 Å². The highest BCUT2D eigenvalue weighted by Crippen LogP contribution is 2.61. The number of aryl methyl sites for hydroxylation is 1. The van der Waals surface area contributed by atoms with Crippen molar-refractivity contribution in [1.29, 1.82) is 5.26 Å². The number of carboxylic acid groups (broad SMARTS) is 1. The number of nitrogens with two attached hydrogens (primary N) is 1. The lowest BCUT2D eigenvalue weighted by molar-refractivity contribution is -0.192. The first kappa shape index (κ1) is 23.1. The number of alkyl halides is 3. The SMILES string of the molecule is O=C(O)C(F)(F)F.[2H]C([2H])([2H])c1ccc(S(=O)(=O)NC23CCC(C#N)(C2)C3)cc1-c1cnc(N)c(-c2ncco2)n1. The second-order valence-electron chi connectivity index (χ2n) is 8.97.